The molecule has 0 saturated carbocycles. The van der Waals surface area contributed by atoms with Gasteiger partial charge in [0.1, 0.15) is 5.75 Å². The first kappa shape index (κ1) is 17.3. The molecule has 1 aromatic carbocycles. The Morgan fingerprint density at radius 1 is 1.33 bits per heavy atom. The Bertz CT molecular complexity index is 501. The van der Waals surface area contributed by atoms with E-state index in [1.54, 1.807) is 0 Å². The van der Waals surface area contributed by atoms with Crippen LogP contribution in [0, 0.1) is 0 Å². The van der Waals surface area contributed by atoms with Crippen LogP contribution in [0.5, 0.6) is 5.75 Å². The summed E-state index contributed by atoms with van der Waals surface area (Å²) in [5.41, 5.74) is 4.56. The minimum Gasteiger partial charge on any atom is -0.480 e. The molecule has 118 valence electrons. The Kier molecular flexibility index (Phi) is 5.60. The molecular weight excluding hydrogens is 285 g/mol. The maximum atomic E-state index is 13.1. The van der Waals surface area contributed by atoms with Crippen LogP contribution in [0.2, 0.25) is 0 Å². The second-order valence-electron chi connectivity index (χ2n) is 5.03. The van der Waals surface area contributed by atoms with Crippen LogP contribution in [0.1, 0.15) is 31.9 Å². The van der Waals surface area contributed by atoms with E-state index in [0.717, 1.165) is 6.07 Å². The topological polar surface area (TPSA) is 64.3 Å². The van der Waals surface area contributed by atoms with Crippen LogP contribution in [0.25, 0.3) is 0 Å². The fourth-order valence-electron chi connectivity index (χ4n) is 1.58. The number of alkyl halides is 3. The van der Waals surface area contributed by atoms with Gasteiger partial charge in [0, 0.05) is 12.6 Å². The molecule has 7 heteroatoms. The number of amides is 1. The fourth-order valence-corrected chi connectivity index (χ4v) is 1.58. The molecule has 4 nitrogen and oxygen atoms in total. The van der Waals surface area contributed by atoms with Crippen LogP contribution in [0.3, 0.4) is 0 Å². The Hall–Kier alpha value is -1.76. The smallest absolute Gasteiger partial charge is 0.419 e. The molecule has 21 heavy (non-hydrogen) atoms. The number of hydrogen-bond donors (Lipinski definition) is 2. The third-order valence-electron chi connectivity index (χ3n) is 2.77. The highest BCUT2D eigenvalue weighted by Crippen LogP contribution is 2.37. The number of benzene rings is 1. The largest absolute Gasteiger partial charge is 0.480 e. The highest BCUT2D eigenvalue weighted by Gasteiger charge is 2.35. The second-order valence-corrected chi connectivity index (χ2v) is 5.03. The predicted molar refractivity (Wildman–Crippen MR) is 72.7 cm³/mol. The molecule has 0 radical (unpaired) electrons. The summed E-state index contributed by atoms with van der Waals surface area (Å²) in [5.74, 6) is -1.23. The van der Waals surface area contributed by atoms with E-state index in [1.807, 2.05) is 13.8 Å². The molecule has 1 amide bonds. The lowest BCUT2D eigenvalue weighted by Gasteiger charge is -2.18. The number of nitrogens with one attached hydrogen (secondary N) is 1. The molecule has 1 atom stereocenters. The zero-order valence-electron chi connectivity index (χ0n) is 12.1. The zero-order chi connectivity index (χ0) is 16.2. The molecule has 0 saturated heterocycles. The van der Waals surface area contributed by atoms with Gasteiger partial charge in [-0.15, -0.1) is 0 Å². The minimum absolute atomic E-state index is 0.158. The molecule has 1 rings (SSSR count). The van der Waals surface area contributed by atoms with E-state index in [-0.39, 0.29) is 6.04 Å². The van der Waals surface area contributed by atoms with E-state index in [1.165, 1.54) is 19.1 Å². The minimum atomic E-state index is -4.57. The first-order chi connectivity index (χ1) is 9.61. The van der Waals surface area contributed by atoms with Crippen molar-refractivity contribution in [3.05, 3.63) is 29.3 Å². The summed E-state index contributed by atoms with van der Waals surface area (Å²) in [6.07, 6.45) is -5.70. The van der Waals surface area contributed by atoms with Crippen molar-refractivity contribution in [2.75, 3.05) is 0 Å². The number of hydrogen-bond acceptors (Lipinski definition) is 3. The summed E-state index contributed by atoms with van der Waals surface area (Å²) in [5, 5.41) is 3.04. The van der Waals surface area contributed by atoms with Gasteiger partial charge in [0.15, 0.2) is 6.10 Å². The lowest BCUT2D eigenvalue weighted by atomic mass is 10.1. The van der Waals surface area contributed by atoms with Crippen molar-refractivity contribution in [3.8, 4) is 5.75 Å². The quantitative estimate of drug-likeness (QED) is 0.848. The van der Waals surface area contributed by atoms with Gasteiger partial charge in [0.05, 0.1) is 5.56 Å². The molecule has 0 aliphatic rings. The van der Waals surface area contributed by atoms with Gasteiger partial charge in [-0.1, -0.05) is 19.9 Å². The van der Waals surface area contributed by atoms with Crippen molar-refractivity contribution in [1.82, 2.24) is 5.32 Å². The third-order valence-corrected chi connectivity index (χ3v) is 2.77. The van der Waals surface area contributed by atoms with Crippen molar-refractivity contribution < 1.29 is 22.7 Å². The Labute approximate surface area is 121 Å². The molecule has 0 fully saturated rings. The average Bonchev–Trinajstić information content (AvgIpc) is 2.35. The van der Waals surface area contributed by atoms with Gasteiger partial charge in [-0.2, -0.15) is 13.2 Å². The van der Waals surface area contributed by atoms with Crippen molar-refractivity contribution >= 4 is 5.91 Å². The fraction of sp³-hybridized carbons (Fsp3) is 0.500. The molecule has 1 aromatic rings. The van der Waals surface area contributed by atoms with Crippen molar-refractivity contribution in [1.29, 1.82) is 0 Å². The van der Waals surface area contributed by atoms with E-state index in [9.17, 15) is 18.0 Å². The molecule has 0 aliphatic heterocycles. The predicted octanol–water partition coefficient (Wildman–Crippen LogP) is 2.46. The van der Waals surface area contributed by atoms with Crippen molar-refractivity contribution in [3.63, 3.8) is 0 Å². The van der Waals surface area contributed by atoms with E-state index >= 15 is 0 Å². The normalized spacial score (nSPS) is 13.3. The molecule has 0 aliphatic carbocycles. The number of carbonyl (C=O) groups is 1. The van der Waals surface area contributed by atoms with Gasteiger partial charge in [-0.05, 0) is 24.6 Å². The molecule has 0 spiro atoms. The lowest BCUT2D eigenvalue weighted by Crippen LogP contribution is -2.31. The number of nitrogens with two attached hydrogens (primary N) is 1. The van der Waals surface area contributed by atoms with Gasteiger partial charge in [0.25, 0.3) is 5.91 Å². The first-order valence-corrected chi connectivity index (χ1v) is 6.50. The molecule has 3 N–H and O–H groups in total. The second kappa shape index (κ2) is 6.80. The van der Waals surface area contributed by atoms with Gasteiger partial charge >= 0.3 is 6.18 Å². The van der Waals surface area contributed by atoms with Crippen LogP contribution in [-0.2, 0) is 17.5 Å². The molecule has 0 bridgehead atoms. The highest BCUT2D eigenvalue weighted by molar-refractivity contribution is 5.78. The Morgan fingerprint density at radius 3 is 2.43 bits per heavy atom. The molecular formula is C14H19F3N2O2. The summed E-state index contributed by atoms with van der Waals surface area (Å²) in [4.78, 5) is 10.9. The summed E-state index contributed by atoms with van der Waals surface area (Å²) in [6, 6.07) is 3.90. The van der Waals surface area contributed by atoms with E-state index in [2.05, 4.69) is 5.32 Å². The lowest BCUT2D eigenvalue weighted by molar-refractivity contribution is -0.140. The van der Waals surface area contributed by atoms with E-state index in [0.29, 0.717) is 12.1 Å². The van der Waals surface area contributed by atoms with Crippen LogP contribution in [0.4, 0.5) is 13.2 Å². The SMILES string of the molecule is CC(C)NCc1ccc(OC(C)C(N)=O)c(C(F)(F)F)c1. The zero-order valence-corrected chi connectivity index (χ0v) is 12.1. The van der Waals surface area contributed by atoms with Gasteiger partial charge in [0.2, 0.25) is 0 Å². The monoisotopic (exact) mass is 304 g/mol. The Balaban J connectivity index is 3.05. The summed E-state index contributed by atoms with van der Waals surface area (Å²) < 4.78 is 44.2. The standard InChI is InChI=1S/C14H19F3N2O2/c1-8(2)19-7-10-4-5-12(21-9(3)13(18)20)11(6-10)14(15,16)17/h4-6,8-9,19H,7H2,1-3H3,(H2,18,20). The summed E-state index contributed by atoms with van der Waals surface area (Å²) >= 11 is 0. The number of primary amides is 1. The van der Waals surface area contributed by atoms with Gasteiger partial charge < -0.3 is 15.8 Å². The van der Waals surface area contributed by atoms with Gasteiger partial charge in [-0.3, -0.25) is 4.79 Å². The first-order valence-electron chi connectivity index (χ1n) is 6.50. The Morgan fingerprint density at radius 2 is 1.95 bits per heavy atom. The third kappa shape index (κ3) is 5.26. The highest BCUT2D eigenvalue weighted by atomic mass is 19.4. The molecule has 1 unspecified atom stereocenters. The number of ether oxygens (including phenoxy) is 1. The number of carbonyl (C=O) groups excluding carboxylic acids is 1. The average molecular weight is 304 g/mol. The van der Waals surface area contributed by atoms with Crippen LogP contribution < -0.4 is 15.8 Å². The van der Waals surface area contributed by atoms with Gasteiger partial charge in [-0.25, -0.2) is 0 Å². The molecule has 0 aromatic heterocycles. The van der Waals surface area contributed by atoms with E-state index < -0.39 is 29.5 Å². The maximum absolute atomic E-state index is 13.1. The van der Waals surface area contributed by atoms with Crippen molar-refractivity contribution in [2.45, 2.75) is 45.6 Å². The van der Waals surface area contributed by atoms with Crippen LogP contribution in [0.15, 0.2) is 18.2 Å². The van der Waals surface area contributed by atoms with E-state index in [4.69, 9.17) is 10.5 Å². The summed E-state index contributed by atoms with van der Waals surface area (Å²) in [6.45, 7) is 5.41. The number of halogens is 3. The maximum Gasteiger partial charge on any atom is 0.419 e. The van der Waals surface area contributed by atoms with Crippen molar-refractivity contribution in [2.24, 2.45) is 5.73 Å². The van der Waals surface area contributed by atoms with Crippen LogP contribution in [-0.4, -0.2) is 18.1 Å². The van der Waals surface area contributed by atoms with Crippen LogP contribution >= 0.6 is 0 Å². The number of rotatable bonds is 6. The molecule has 0 heterocycles. The summed E-state index contributed by atoms with van der Waals surface area (Å²) in [7, 11) is 0.